The van der Waals surface area contributed by atoms with Gasteiger partial charge in [0, 0.05) is 6.04 Å². The molecule has 2 unspecified atom stereocenters. The number of nitrogens with zero attached hydrogens (tertiary/aromatic N) is 1. The second-order valence-corrected chi connectivity index (χ2v) is 11.0. The average Bonchev–Trinajstić information content (AvgIpc) is 2.33. The predicted octanol–water partition coefficient (Wildman–Crippen LogP) is 3.21. The first-order valence-electron chi connectivity index (χ1n) is 8.83. The van der Waals surface area contributed by atoms with Crippen molar-refractivity contribution in [3.8, 4) is 0 Å². The van der Waals surface area contributed by atoms with Crippen molar-refractivity contribution in [3.05, 3.63) is 0 Å². The normalized spacial score (nSPS) is 35.6. The van der Waals surface area contributed by atoms with E-state index in [0.29, 0.717) is 6.42 Å². The van der Waals surface area contributed by atoms with Crippen molar-refractivity contribution >= 4 is 16.0 Å². The van der Waals surface area contributed by atoms with Crippen molar-refractivity contribution in [2.24, 2.45) is 15.2 Å². The van der Waals surface area contributed by atoms with E-state index < -0.39 is 15.3 Å². The van der Waals surface area contributed by atoms with Crippen molar-refractivity contribution in [1.29, 1.82) is 0 Å². The van der Waals surface area contributed by atoms with Crippen LogP contribution in [0.1, 0.15) is 72.6 Å². The number of sulfonamides is 1. The van der Waals surface area contributed by atoms with Gasteiger partial charge in [0.1, 0.15) is 11.4 Å². The summed E-state index contributed by atoms with van der Waals surface area (Å²) in [5.41, 5.74) is 0.474. The number of rotatable bonds is 1. The van der Waals surface area contributed by atoms with Crippen molar-refractivity contribution in [2.75, 3.05) is 0 Å². The first-order valence-corrected chi connectivity index (χ1v) is 10.3. The number of ether oxygens (including phenoxy) is 1. The predicted molar refractivity (Wildman–Crippen MR) is 91.8 cm³/mol. The number of hydrogen-bond acceptors (Lipinski definition) is 4. The van der Waals surface area contributed by atoms with Crippen LogP contribution in [0.2, 0.25) is 0 Å². The fourth-order valence-electron chi connectivity index (χ4n) is 5.07. The maximum Gasteiger partial charge on any atom is 0.301 e. The summed E-state index contributed by atoms with van der Waals surface area (Å²) < 4.78 is 34.7. The zero-order chi connectivity index (χ0) is 16.9. The van der Waals surface area contributed by atoms with Crippen LogP contribution in [0, 0.1) is 10.8 Å². The zero-order valence-electron chi connectivity index (χ0n) is 14.8. The third-order valence-corrected chi connectivity index (χ3v) is 7.11. The van der Waals surface area contributed by atoms with Crippen LogP contribution in [0.4, 0.5) is 0 Å². The average molecular weight is 343 g/mol. The molecule has 0 bridgehead atoms. The number of amidine groups is 1. The minimum absolute atomic E-state index is 0.211. The third kappa shape index (κ3) is 3.83. The summed E-state index contributed by atoms with van der Waals surface area (Å²) in [7, 11) is -3.44. The SMILES string of the molecule is CC1(C)CC(NC2=NS(=O)(=O)C3CCCCC3O2)CC(C)(C)C1. The van der Waals surface area contributed by atoms with Gasteiger partial charge in [0.2, 0.25) is 0 Å². The van der Waals surface area contributed by atoms with Crippen LogP contribution in [-0.4, -0.2) is 31.8 Å². The Balaban J connectivity index is 1.76. The van der Waals surface area contributed by atoms with Gasteiger partial charge in [-0.15, -0.1) is 4.40 Å². The summed E-state index contributed by atoms with van der Waals surface area (Å²) in [4.78, 5) is 0. The van der Waals surface area contributed by atoms with Crippen LogP contribution in [-0.2, 0) is 14.8 Å². The molecule has 0 radical (unpaired) electrons. The van der Waals surface area contributed by atoms with Gasteiger partial charge in [0.05, 0.1) is 0 Å². The molecule has 23 heavy (non-hydrogen) atoms. The fourth-order valence-corrected chi connectivity index (χ4v) is 6.57. The van der Waals surface area contributed by atoms with Gasteiger partial charge in [0.25, 0.3) is 10.0 Å². The Morgan fingerprint density at radius 1 is 1.09 bits per heavy atom. The van der Waals surface area contributed by atoms with E-state index in [1.54, 1.807) is 0 Å². The summed E-state index contributed by atoms with van der Waals surface area (Å²) >= 11 is 0. The van der Waals surface area contributed by atoms with E-state index in [1.807, 2.05) is 0 Å². The summed E-state index contributed by atoms with van der Waals surface area (Å²) in [5, 5.41) is 2.86. The van der Waals surface area contributed by atoms with Crippen molar-refractivity contribution < 1.29 is 13.2 Å². The molecule has 0 aromatic rings. The highest BCUT2D eigenvalue weighted by molar-refractivity contribution is 7.91. The van der Waals surface area contributed by atoms with E-state index in [2.05, 4.69) is 37.4 Å². The Morgan fingerprint density at radius 3 is 2.35 bits per heavy atom. The molecular formula is C17H30N2O3S. The molecule has 3 rings (SSSR count). The Morgan fingerprint density at radius 2 is 1.70 bits per heavy atom. The fraction of sp³-hybridized carbons (Fsp3) is 0.941. The molecule has 1 aliphatic heterocycles. The van der Waals surface area contributed by atoms with E-state index >= 15 is 0 Å². The lowest BCUT2D eigenvalue weighted by atomic mass is 9.63. The molecule has 0 saturated heterocycles. The highest BCUT2D eigenvalue weighted by Gasteiger charge is 2.43. The molecule has 0 spiro atoms. The smallest absolute Gasteiger partial charge is 0.301 e. The van der Waals surface area contributed by atoms with Crippen molar-refractivity contribution in [3.63, 3.8) is 0 Å². The maximum atomic E-state index is 12.4. The maximum absolute atomic E-state index is 12.4. The van der Waals surface area contributed by atoms with Crippen molar-refractivity contribution in [1.82, 2.24) is 5.32 Å². The van der Waals surface area contributed by atoms with Gasteiger partial charge >= 0.3 is 6.02 Å². The standard InChI is InChI=1S/C17H30N2O3S/c1-16(2)9-12(10-17(3,4)11-16)18-15-19-23(20,21)14-8-6-5-7-13(14)22-15/h12-14H,5-11H2,1-4H3,(H,18,19). The molecule has 2 atom stereocenters. The lowest BCUT2D eigenvalue weighted by Gasteiger charge is -2.45. The molecule has 2 fully saturated rings. The molecule has 1 N–H and O–H groups in total. The highest BCUT2D eigenvalue weighted by Crippen LogP contribution is 2.45. The van der Waals surface area contributed by atoms with Gasteiger partial charge in [0.15, 0.2) is 0 Å². The minimum Gasteiger partial charge on any atom is -0.460 e. The van der Waals surface area contributed by atoms with Gasteiger partial charge in [-0.05, 0) is 49.4 Å². The largest absolute Gasteiger partial charge is 0.460 e. The Kier molecular flexibility index (Phi) is 4.18. The van der Waals surface area contributed by atoms with Crippen LogP contribution in [0.3, 0.4) is 0 Å². The lowest BCUT2D eigenvalue weighted by molar-refractivity contribution is 0.0820. The van der Waals surface area contributed by atoms with E-state index in [9.17, 15) is 8.42 Å². The number of fused-ring (bicyclic) bond motifs is 1. The molecule has 132 valence electrons. The molecule has 6 heteroatoms. The summed E-state index contributed by atoms with van der Waals surface area (Å²) in [6.07, 6.45) is 6.44. The summed E-state index contributed by atoms with van der Waals surface area (Å²) in [6, 6.07) is 0.439. The second kappa shape index (κ2) is 5.64. The van der Waals surface area contributed by atoms with Crippen LogP contribution in [0.25, 0.3) is 0 Å². The quantitative estimate of drug-likeness (QED) is 0.794. The molecule has 5 nitrogen and oxygen atoms in total. The van der Waals surface area contributed by atoms with E-state index in [1.165, 1.54) is 6.42 Å². The lowest BCUT2D eigenvalue weighted by Crippen LogP contribution is -2.51. The van der Waals surface area contributed by atoms with Crippen LogP contribution >= 0.6 is 0 Å². The molecular weight excluding hydrogens is 312 g/mol. The molecule has 3 aliphatic rings. The van der Waals surface area contributed by atoms with Crippen LogP contribution < -0.4 is 5.32 Å². The number of hydrogen-bond donors (Lipinski definition) is 1. The number of nitrogens with one attached hydrogen (secondary N) is 1. The zero-order valence-corrected chi connectivity index (χ0v) is 15.6. The van der Waals surface area contributed by atoms with Crippen LogP contribution in [0.15, 0.2) is 4.40 Å². The van der Waals surface area contributed by atoms with Crippen molar-refractivity contribution in [2.45, 2.75) is 90.0 Å². The van der Waals surface area contributed by atoms with E-state index in [0.717, 1.165) is 32.1 Å². The van der Waals surface area contributed by atoms with E-state index in [-0.39, 0.29) is 29.0 Å². The Hall–Kier alpha value is -0.780. The molecule has 2 aliphatic carbocycles. The van der Waals surface area contributed by atoms with Crippen LogP contribution in [0.5, 0.6) is 0 Å². The highest BCUT2D eigenvalue weighted by atomic mass is 32.2. The first-order chi connectivity index (χ1) is 10.6. The van der Waals surface area contributed by atoms with Gasteiger partial charge in [-0.1, -0.05) is 34.1 Å². The Bertz CT molecular complexity index is 579. The minimum atomic E-state index is -3.44. The molecule has 0 aromatic heterocycles. The molecule has 1 heterocycles. The van der Waals surface area contributed by atoms with Gasteiger partial charge in [-0.25, -0.2) is 8.42 Å². The second-order valence-electron chi connectivity index (χ2n) is 9.15. The molecule has 0 amide bonds. The third-order valence-electron chi connectivity index (χ3n) is 5.38. The molecule has 2 saturated carbocycles. The van der Waals surface area contributed by atoms with Gasteiger partial charge < -0.3 is 10.1 Å². The monoisotopic (exact) mass is 342 g/mol. The van der Waals surface area contributed by atoms with E-state index in [4.69, 9.17) is 4.74 Å². The van der Waals surface area contributed by atoms with Gasteiger partial charge in [-0.3, -0.25) is 0 Å². The topological polar surface area (TPSA) is 67.8 Å². The van der Waals surface area contributed by atoms with Gasteiger partial charge in [-0.2, -0.15) is 0 Å². The first kappa shape index (κ1) is 17.1. The summed E-state index contributed by atoms with van der Waals surface area (Å²) in [5.74, 6) is 0. The summed E-state index contributed by atoms with van der Waals surface area (Å²) in [6.45, 7) is 9.11. The Labute approximate surface area is 140 Å². The molecule has 0 aromatic carbocycles.